The Labute approximate surface area is 132 Å². The van der Waals surface area contributed by atoms with E-state index in [1.54, 1.807) is 12.3 Å². The third kappa shape index (κ3) is 3.88. The van der Waals surface area contributed by atoms with Crippen molar-refractivity contribution in [1.29, 1.82) is 0 Å². The maximum Gasteiger partial charge on any atom is 0.408 e. The Morgan fingerprint density at radius 1 is 1.62 bits per heavy atom. The molecule has 2 atom stereocenters. The van der Waals surface area contributed by atoms with Gasteiger partial charge < -0.3 is 9.64 Å². The van der Waals surface area contributed by atoms with Gasteiger partial charge in [-0.25, -0.2) is 4.98 Å². The molecule has 0 aromatic carbocycles. The lowest BCUT2D eigenvalue weighted by Crippen LogP contribution is -2.52. The van der Waals surface area contributed by atoms with Crippen LogP contribution in [0.2, 0.25) is 0 Å². The lowest BCUT2D eigenvalue weighted by Gasteiger charge is -2.39. The van der Waals surface area contributed by atoms with Gasteiger partial charge in [-0.1, -0.05) is 0 Å². The molecule has 4 nitrogen and oxygen atoms in total. The van der Waals surface area contributed by atoms with Crippen LogP contribution in [-0.4, -0.2) is 36.3 Å². The summed E-state index contributed by atoms with van der Waals surface area (Å²) in [6, 6.07) is -1.71. The van der Waals surface area contributed by atoms with Crippen molar-refractivity contribution in [2.75, 3.05) is 18.1 Å². The number of aromatic nitrogens is 1. The molecule has 1 aromatic rings. The van der Waals surface area contributed by atoms with E-state index < -0.39 is 24.1 Å². The van der Waals surface area contributed by atoms with Gasteiger partial charge in [-0.2, -0.15) is 13.2 Å². The van der Waals surface area contributed by atoms with Crippen LogP contribution < -0.4 is 4.90 Å². The number of piperidine rings is 1. The first-order valence-electron chi connectivity index (χ1n) is 6.44. The molecule has 21 heavy (non-hydrogen) atoms. The quantitative estimate of drug-likeness (QED) is 0.744. The van der Waals surface area contributed by atoms with Crippen LogP contribution in [-0.2, 0) is 9.53 Å². The molecule has 0 radical (unpaired) electrons. The van der Waals surface area contributed by atoms with Crippen LogP contribution in [0.15, 0.2) is 9.98 Å². The Bertz CT molecular complexity index is 509. The van der Waals surface area contributed by atoms with E-state index in [-0.39, 0.29) is 19.6 Å². The molecule has 0 spiro atoms. The second kappa shape index (κ2) is 6.51. The van der Waals surface area contributed by atoms with Crippen LogP contribution in [0.25, 0.3) is 0 Å². The summed E-state index contributed by atoms with van der Waals surface area (Å²) in [6.07, 6.45) is -4.37. The molecule has 1 aliphatic heterocycles. The highest BCUT2D eigenvalue weighted by atomic mass is 79.9. The molecular formula is C12H14BrF3N2O2S. The number of esters is 1. The van der Waals surface area contributed by atoms with Gasteiger partial charge in [-0.15, -0.1) is 11.3 Å². The highest BCUT2D eigenvalue weighted by molar-refractivity contribution is 9.10. The molecule has 118 valence electrons. The summed E-state index contributed by atoms with van der Waals surface area (Å²) in [7, 11) is 0. The van der Waals surface area contributed by atoms with Crippen LogP contribution in [0.4, 0.5) is 18.3 Å². The van der Waals surface area contributed by atoms with E-state index in [4.69, 9.17) is 4.74 Å². The number of alkyl halides is 3. The van der Waals surface area contributed by atoms with Crippen LogP contribution in [0.1, 0.15) is 19.8 Å². The fourth-order valence-corrected chi connectivity index (χ4v) is 3.68. The van der Waals surface area contributed by atoms with E-state index >= 15 is 0 Å². The van der Waals surface area contributed by atoms with Crippen LogP contribution in [0.3, 0.4) is 0 Å². The van der Waals surface area contributed by atoms with Crippen LogP contribution in [0, 0.1) is 5.92 Å². The highest BCUT2D eigenvalue weighted by Gasteiger charge is 2.49. The molecular weight excluding hydrogens is 373 g/mol. The minimum Gasteiger partial charge on any atom is -0.466 e. The van der Waals surface area contributed by atoms with E-state index in [0.717, 1.165) is 11.3 Å². The first-order valence-corrected chi connectivity index (χ1v) is 8.11. The summed E-state index contributed by atoms with van der Waals surface area (Å²) in [6.45, 7) is 1.95. The van der Waals surface area contributed by atoms with Gasteiger partial charge in [0.2, 0.25) is 0 Å². The maximum absolute atomic E-state index is 13.3. The van der Waals surface area contributed by atoms with Gasteiger partial charge >= 0.3 is 12.1 Å². The zero-order chi connectivity index (χ0) is 15.6. The molecule has 9 heteroatoms. The van der Waals surface area contributed by atoms with E-state index in [0.29, 0.717) is 16.2 Å². The monoisotopic (exact) mass is 386 g/mol. The summed E-state index contributed by atoms with van der Waals surface area (Å²) in [4.78, 5) is 17.0. The molecule has 0 bridgehead atoms. The average Bonchev–Trinajstić information content (AvgIpc) is 2.84. The smallest absolute Gasteiger partial charge is 0.408 e. The first-order chi connectivity index (χ1) is 9.82. The van der Waals surface area contributed by atoms with E-state index in [2.05, 4.69) is 20.9 Å². The normalized spacial score (nSPS) is 23.2. The maximum atomic E-state index is 13.3. The molecule has 2 heterocycles. The second-order valence-electron chi connectivity index (χ2n) is 4.68. The SMILES string of the molecule is CCOC(=O)[C@H]1CCN(c2nc(Br)cs2)[C@H](C(F)(F)F)C1. The third-order valence-corrected chi connectivity index (χ3v) is 4.90. The number of hydrogen-bond donors (Lipinski definition) is 0. The zero-order valence-electron chi connectivity index (χ0n) is 11.2. The molecule has 2 rings (SSSR count). The minimum atomic E-state index is -4.41. The fourth-order valence-electron chi connectivity index (χ4n) is 2.36. The van der Waals surface area contributed by atoms with Gasteiger partial charge in [0, 0.05) is 11.9 Å². The zero-order valence-corrected chi connectivity index (χ0v) is 13.6. The number of carbonyl (C=O) groups is 1. The number of rotatable bonds is 3. The van der Waals surface area contributed by atoms with Crippen molar-refractivity contribution < 1.29 is 22.7 Å². The Morgan fingerprint density at radius 2 is 2.33 bits per heavy atom. The average molecular weight is 387 g/mol. The van der Waals surface area contributed by atoms with Crippen molar-refractivity contribution in [2.45, 2.75) is 32.0 Å². The van der Waals surface area contributed by atoms with Gasteiger partial charge in [0.15, 0.2) is 5.13 Å². The standard InChI is InChI=1S/C12H14BrF3N2O2S/c1-2-20-10(19)7-3-4-18(8(5-7)12(14,15)16)11-17-9(13)6-21-11/h6-8H,2-5H2,1H3/t7-,8-/m0/s1. The molecule has 1 aliphatic rings. The molecule has 0 amide bonds. The van der Waals surface area contributed by atoms with Crippen molar-refractivity contribution in [3.63, 3.8) is 0 Å². The predicted octanol–water partition coefficient (Wildman–Crippen LogP) is 3.62. The van der Waals surface area contributed by atoms with Gasteiger partial charge in [-0.05, 0) is 35.7 Å². The van der Waals surface area contributed by atoms with Crippen molar-refractivity contribution in [3.8, 4) is 0 Å². The highest BCUT2D eigenvalue weighted by Crippen LogP contribution is 2.39. The topological polar surface area (TPSA) is 42.4 Å². The molecule has 1 aromatic heterocycles. The number of ether oxygens (including phenoxy) is 1. The third-order valence-electron chi connectivity index (χ3n) is 3.31. The van der Waals surface area contributed by atoms with Crippen molar-refractivity contribution in [2.24, 2.45) is 5.92 Å². The van der Waals surface area contributed by atoms with Gasteiger partial charge in [-0.3, -0.25) is 4.79 Å². The number of halogens is 4. The van der Waals surface area contributed by atoms with Crippen LogP contribution in [0.5, 0.6) is 0 Å². The summed E-state index contributed by atoms with van der Waals surface area (Å²) in [5, 5.41) is 1.95. The number of anilines is 1. The summed E-state index contributed by atoms with van der Waals surface area (Å²) in [5.41, 5.74) is 0. The fraction of sp³-hybridized carbons (Fsp3) is 0.667. The Balaban J connectivity index is 2.18. The second-order valence-corrected chi connectivity index (χ2v) is 6.33. The minimum absolute atomic E-state index is 0.133. The van der Waals surface area contributed by atoms with E-state index in [1.165, 1.54) is 4.90 Å². The molecule has 0 unspecified atom stereocenters. The van der Waals surface area contributed by atoms with Crippen molar-refractivity contribution >= 4 is 38.4 Å². The molecule has 0 N–H and O–H groups in total. The summed E-state index contributed by atoms with van der Waals surface area (Å²) >= 11 is 4.29. The van der Waals surface area contributed by atoms with E-state index in [9.17, 15) is 18.0 Å². The number of carbonyl (C=O) groups excluding carboxylic acids is 1. The lowest BCUT2D eigenvalue weighted by atomic mass is 9.91. The van der Waals surface area contributed by atoms with Crippen LogP contribution >= 0.6 is 27.3 Å². The lowest BCUT2D eigenvalue weighted by molar-refractivity contribution is -0.164. The molecule has 0 saturated carbocycles. The van der Waals surface area contributed by atoms with Gasteiger partial charge in [0.1, 0.15) is 10.6 Å². The Morgan fingerprint density at radius 3 is 2.86 bits per heavy atom. The molecule has 1 saturated heterocycles. The first kappa shape index (κ1) is 16.5. The van der Waals surface area contributed by atoms with Gasteiger partial charge in [0.05, 0.1) is 12.5 Å². The number of thiazole rings is 1. The number of nitrogens with zero attached hydrogens (tertiary/aromatic N) is 2. The number of hydrogen-bond acceptors (Lipinski definition) is 5. The Hall–Kier alpha value is -0.830. The largest absolute Gasteiger partial charge is 0.466 e. The summed E-state index contributed by atoms with van der Waals surface area (Å²) < 4.78 is 45.2. The van der Waals surface area contributed by atoms with Gasteiger partial charge in [0.25, 0.3) is 0 Å². The van der Waals surface area contributed by atoms with Crippen molar-refractivity contribution in [1.82, 2.24) is 4.98 Å². The molecule has 1 fully saturated rings. The van der Waals surface area contributed by atoms with E-state index in [1.807, 2.05) is 0 Å². The Kier molecular flexibility index (Phi) is 5.13. The predicted molar refractivity (Wildman–Crippen MR) is 76.4 cm³/mol. The van der Waals surface area contributed by atoms with Crippen molar-refractivity contribution in [3.05, 3.63) is 9.98 Å². The molecule has 0 aliphatic carbocycles. The summed E-state index contributed by atoms with van der Waals surface area (Å²) in [5.74, 6) is -1.26.